The summed E-state index contributed by atoms with van der Waals surface area (Å²) in [5.74, 6) is 0. The van der Waals surface area contributed by atoms with Gasteiger partial charge >= 0.3 is 0 Å². The predicted molar refractivity (Wildman–Crippen MR) is 55.9 cm³/mol. The molecule has 1 aromatic carbocycles. The van der Waals surface area contributed by atoms with Crippen molar-refractivity contribution in [3.05, 3.63) is 33.8 Å². The molecule has 0 spiro atoms. The number of carbonyl (C=O) groups is 1. The van der Waals surface area contributed by atoms with Gasteiger partial charge in [0.1, 0.15) is 6.29 Å². The number of benzene rings is 1. The van der Waals surface area contributed by atoms with Crippen LogP contribution in [-0.4, -0.2) is 6.29 Å². The van der Waals surface area contributed by atoms with E-state index in [1.54, 1.807) is 0 Å². The lowest BCUT2D eigenvalue weighted by molar-refractivity contribution is -0.109. The van der Waals surface area contributed by atoms with Crippen molar-refractivity contribution in [3.63, 3.8) is 0 Å². The predicted octanol–water partition coefficient (Wildman–Crippen LogP) is 2.99. The minimum atomic E-state index is -0.162. The van der Waals surface area contributed by atoms with Crippen LogP contribution in [0.2, 0.25) is 0 Å². The summed E-state index contributed by atoms with van der Waals surface area (Å²) in [4.78, 5) is 10.9. The van der Waals surface area contributed by atoms with E-state index in [0.717, 1.165) is 29.2 Å². The highest BCUT2D eigenvalue weighted by Gasteiger charge is 2.45. The molecule has 0 N–H and O–H groups in total. The maximum Gasteiger partial charge on any atom is 0.130 e. The summed E-state index contributed by atoms with van der Waals surface area (Å²) in [6.07, 6.45) is 3.09. The van der Waals surface area contributed by atoms with Gasteiger partial charge in [0.25, 0.3) is 0 Å². The van der Waals surface area contributed by atoms with Gasteiger partial charge in [-0.05, 0) is 31.4 Å². The molecule has 2 heteroatoms. The Morgan fingerprint density at radius 3 is 2.69 bits per heavy atom. The third kappa shape index (κ3) is 1.44. The van der Waals surface area contributed by atoms with E-state index < -0.39 is 0 Å². The van der Waals surface area contributed by atoms with E-state index in [0.29, 0.717) is 0 Å². The molecule has 1 aliphatic carbocycles. The lowest BCUT2D eigenvalue weighted by Gasteiger charge is -2.10. The Morgan fingerprint density at radius 2 is 2.15 bits per heavy atom. The van der Waals surface area contributed by atoms with Gasteiger partial charge in [0, 0.05) is 4.47 Å². The van der Waals surface area contributed by atoms with Crippen molar-refractivity contribution in [3.8, 4) is 0 Å². The van der Waals surface area contributed by atoms with Crippen LogP contribution >= 0.6 is 15.9 Å². The minimum Gasteiger partial charge on any atom is -0.302 e. The Morgan fingerprint density at radius 1 is 1.46 bits per heavy atom. The van der Waals surface area contributed by atoms with Crippen LogP contribution in [0.25, 0.3) is 0 Å². The molecule has 0 unspecified atom stereocenters. The maximum atomic E-state index is 10.9. The van der Waals surface area contributed by atoms with Crippen LogP contribution in [0.15, 0.2) is 22.7 Å². The van der Waals surface area contributed by atoms with E-state index in [4.69, 9.17) is 0 Å². The Labute approximate surface area is 86.3 Å². The second kappa shape index (κ2) is 2.95. The molecule has 1 aliphatic rings. The summed E-state index contributed by atoms with van der Waals surface area (Å²) in [7, 11) is 0. The zero-order chi connectivity index (χ0) is 9.47. The van der Waals surface area contributed by atoms with Crippen molar-refractivity contribution in [2.45, 2.75) is 25.2 Å². The highest BCUT2D eigenvalue weighted by atomic mass is 79.9. The molecule has 0 bridgehead atoms. The summed E-state index contributed by atoms with van der Waals surface area (Å²) in [5.41, 5.74) is 2.21. The van der Waals surface area contributed by atoms with Crippen LogP contribution in [-0.2, 0) is 10.2 Å². The second-order valence-corrected chi connectivity index (χ2v) is 4.61. The Hall–Kier alpha value is -0.630. The molecule has 1 nitrogen and oxygen atoms in total. The fourth-order valence-corrected chi connectivity index (χ4v) is 2.25. The Balaban J connectivity index is 2.50. The highest BCUT2D eigenvalue weighted by molar-refractivity contribution is 9.10. The summed E-state index contributed by atoms with van der Waals surface area (Å²) in [5, 5.41) is 0. The first-order valence-corrected chi connectivity index (χ1v) is 5.20. The third-order valence-electron chi connectivity index (χ3n) is 2.67. The monoisotopic (exact) mass is 238 g/mol. The van der Waals surface area contributed by atoms with Gasteiger partial charge in [0.05, 0.1) is 5.41 Å². The summed E-state index contributed by atoms with van der Waals surface area (Å²) in [6, 6.07) is 6.17. The van der Waals surface area contributed by atoms with Gasteiger partial charge in [-0.1, -0.05) is 33.6 Å². The van der Waals surface area contributed by atoms with Crippen LogP contribution in [0, 0.1) is 6.92 Å². The van der Waals surface area contributed by atoms with Crippen molar-refractivity contribution < 1.29 is 4.79 Å². The molecule has 2 rings (SSSR count). The molecular formula is C11H11BrO. The van der Waals surface area contributed by atoms with Crippen LogP contribution in [0.4, 0.5) is 0 Å². The molecule has 1 aromatic rings. The van der Waals surface area contributed by atoms with E-state index in [1.165, 1.54) is 5.56 Å². The van der Waals surface area contributed by atoms with Crippen molar-refractivity contribution in [1.82, 2.24) is 0 Å². The van der Waals surface area contributed by atoms with Crippen LogP contribution in [0.3, 0.4) is 0 Å². The summed E-state index contributed by atoms with van der Waals surface area (Å²) >= 11 is 3.49. The normalized spacial score (nSPS) is 18.3. The van der Waals surface area contributed by atoms with E-state index in [9.17, 15) is 4.79 Å². The van der Waals surface area contributed by atoms with Gasteiger partial charge in [-0.15, -0.1) is 0 Å². The lowest BCUT2D eigenvalue weighted by atomic mass is 9.96. The first-order valence-electron chi connectivity index (χ1n) is 4.41. The topological polar surface area (TPSA) is 17.1 Å². The number of aldehydes is 1. The average molecular weight is 239 g/mol. The first kappa shape index (κ1) is 8.95. The number of halogens is 1. The molecule has 0 aliphatic heterocycles. The third-order valence-corrected chi connectivity index (χ3v) is 3.36. The Kier molecular flexibility index (Phi) is 2.03. The fraction of sp³-hybridized carbons (Fsp3) is 0.364. The van der Waals surface area contributed by atoms with Crippen LogP contribution in [0.1, 0.15) is 24.0 Å². The summed E-state index contributed by atoms with van der Waals surface area (Å²) < 4.78 is 1.06. The molecule has 0 heterocycles. The molecule has 1 fully saturated rings. The smallest absolute Gasteiger partial charge is 0.130 e. The van der Waals surface area contributed by atoms with E-state index in [-0.39, 0.29) is 5.41 Å². The van der Waals surface area contributed by atoms with Crippen LogP contribution < -0.4 is 0 Å². The van der Waals surface area contributed by atoms with Crippen molar-refractivity contribution in [2.75, 3.05) is 0 Å². The Bertz CT molecular complexity index is 353. The number of aryl methyl sites for hydroxylation is 1. The minimum absolute atomic E-state index is 0.162. The second-order valence-electron chi connectivity index (χ2n) is 3.76. The zero-order valence-corrected chi connectivity index (χ0v) is 9.10. The largest absolute Gasteiger partial charge is 0.302 e. The van der Waals surface area contributed by atoms with E-state index in [2.05, 4.69) is 35.0 Å². The number of rotatable bonds is 2. The maximum absolute atomic E-state index is 10.9. The van der Waals surface area contributed by atoms with Crippen LogP contribution in [0.5, 0.6) is 0 Å². The zero-order valence-electron chi connectivity index (χ0n) is 7.51. The van der Waals surface area contributed by atoms with Crippen molar-refractivity contribution >= 4 is 22.2 Å². The molecule has 0 saturated heterocycles. The number of hydrogen-bond donors (Lipinski definition) is 0. The summed E-state index contributed by atoms with van der Waals surface area (Å²) in [6.45, 7) is 2.05. The van der Waals surface area contributed by atoms with Gasteiger partial charge in [0.2, 0.25) is 0 Å². The molecule has 0 amide bonds. The molecule has 0 atom stereocenters. The molecule has 0 radical (unpaired) electrons. The molecular weight excluding hydrogens is 228 g/mol. The lowest BCUT2D eigenvalue weighted by Crippen LogP contribution is -2.08. The quantitative estimate of drug-likeness (QED) is 0.725. The van der Waals surface area contributed by atoms with E-state index in [1.807, 2.05) is 6.07 Å². The van der Waals surface area contributed by atoms with Gasteiger partial charge < -0.3 is 4.79 Å². The highest BCUT2D eigenvalue weighted by Crippen LogP contribution is 2.48. The van der Waals surface area contributed by atoms with E-state index >= 15 is 0 Å². The van der Waals surface area contributed by atoms with Gasteiger partial charge in [0.15, 0.2) is 0 Å². The van der Waals surface area contributed by atoms with Gasteiger partial charge in [-0.3, -0.25) is 0 Å². The number of carbonyl (C=O) groups excluding carboxylic acids is 1. The fourth-order valence-electron chi connectivity index (χ4n) is 1.61. The molecule has 1 saturated carbocycles. The standard InChI is InChI=1S/C11H11BrO/c1-8-2-3-10(12)9(6-8)11(7-13)4-5-11/h2-3,6-7H,4-5H2,1H3. The van der Waals surface area contributed by atoms with Gasteiger partial charge in [-0.2, -0.15) is 0 Å². The van der Waals surface area contributed by atoms with Crippen molar-refractivity contribution in [1.29, 1.82) is 0 Å². The SMILES string of the molecule is Cc1ccc(Br)c(C2(C=O)CC2)c1. The van der Waals surface area contributed by atoms with Crippen molar-refractivity contribution in [2.24, 2.45) is 0 Å². The molecule has 13 heavy (non-hydrogen) atoms. The molecule has 68 valence electrons. The molecule has 0 aromatic heterocycles. The average Bonchev–Trinajstić information content (AvgIpc) is 2.90. The number of hydrogen-bond acceptors (Lipinski definition) is 1. The van der Waals surface area contributed by atoms with Gasteiger partial charge in [-0.25, -0.2) is 0 Å². The first-order chi connectivity index (χ1) is 6.18.